The lowest BCUT2D eigenvalue weighted by Gasteiger charge is -2.28. The summed E-state index contributed by atoms with van der Waals surface area (Å²) in [5.74, 6) is -3.02. The van der Waals surface area contributed by atoms with Crippen molar-refractivity contribution in [3.63, 3.8) is 0 Å². The van der Waals surface area contributed by atoms with Crippen molar-refractivity contribution < 1.29 is 23.9 Å². The average Bonchev–Trinajstić information content (AvgIpc) is 3.44. The number of anilines is 2. The molecule has 2 aliphatic carbocycles. The van der Waals surface area contributed by atoms with Crippen LogP contribution < -0.4 is 10.2 Å². The number of ether oxygens (including phenoxy) is 1. The number of amides is 3. The Hall–Kier alpha value is -2.90. The molecule has 2 saturated carbocycles. The Morgan fingerprint density at radius 2 is 1.65 bits per heavy atom. The molecular weight excluding hydrogens is 479 g/mol. The fraction of sp³-hybridized carbons (Fsp3) is 0.360. The number of nitrogens with zero attached hydrogens (tertiary/aromatic N) is 1. The number of benzene rings is 2. The minimum absolute atomic E-state index is 0.125. The number of imide groups is 1. The van der Waals surface area contributed by atoms with Gasteiger partial charge >= 0.3 is 5.97 Å². The monoisotopic (exact) mass is 500 g/mol. The topological polar surface area (TPSA) is 92.8 Å². The molecule has 3 fully saturated rings. The van der Waals surface area contributed by atoms with Crippen LogP contribution in [0.15, 0.2) is 48.5 Å². The van der Waals surface area contributed by atoms with Crippen molar-refractivity contribution in [2.75, 3.05) is 16.8 Å². The molecule has 3 amide bonds. The van der Waals surface area contributed by atoms with Crippen LogP contribution in [0.25, 0.3) is 0 Å². The van der Waals surface area contributed by atoms with Crippen molar-refractivity contribution in [3.05, 3.63) is 59.7 Å². The highest BCUT2D eigenvalue weighted by Crippen LogP contribution is 2.59. The first-order valence-corrected chi connectivity index (χ1v) is 11.9. The van der Waals surface area contributed by atoms with Gasteiger partial charge < -0.3 is 10.1 Å². The van der Waals surface area contributed by atoms with E-state index in [1.54, 1.807) is 24.3 Å². The van der Waals surface area contributed by atoms with Crippen LogP contribution in [0.1, 0.15) is 22.3 Å². The minimum Gasteiger partial charge on any atom is -0.452 e. The number of rotatable bonds is 5. The van der Waals surface area contributed by atoms with E-state index in [4.69, 9.17) is 27.9 Å². The van der Waals surface area contributed by atoms with E-state index in [0.717, 1.165) is 10.5 Å². The van der Waals surface area contributed by atoms with Gasteiger partial charge in [-0.2, -0.15) is 0 Å². The number of carbonyl (C=O) groups is 4. The van der Waals surface area contributed by atoms with E-state index in [1.807, 2.05) is 19.1 Å². The summed E-state index contributed by atoms with van der Waals surface area (Å²) in [6.07, 6.45) is 0.680. The highest BCUT2D eigenvalue weighted by molar-refractivity contribution is 6.32. The normalized spacial score (nSPS) is 29.3. The maximum absolute atomic E-state index is 13.2. The lowest BCUT2D eigenvalue weighted by molar-refractivity contribution is -0.123. The van der Waals surface area contributed by atoms with Gasteiger partial charge in [-0.1, -0.05) is 24.3 Å². The van der Waals surface area contributed by atoms with Gasteiger partial charge in [-0.3, -0.25) is 19.3 Å². The summed E-state index contributed by atoms with van der Waals surface area (Å²) in [4.78, 5) is 52.2. The summed E-state index contributed by atoms with van der Waals surface area (Å²) in [5, 5.41) is 2.02. The molecule has 1 N–H and O–H groups in total. The van der Waals surface area contributed by atoms with Gasteiger partial charge in [0.15, 0.2) is 6.61 Å². The van der Waals surface area contributed by atoms with Crippen LogP contribution in [0.3, 0.4) is 0 Å². The fourth-order valence-electron chi connectivity index (χ4n) is 5.49. The Kier molecular flexibility index (Phi) is 5.86. The van der Waals surface area contributed by atoms with E-state index in [0.29, 0.717) is 17.8 Å². The van der Waals surface area contributed by atoms with E-state index in [2.05, 4.69) is 5.32 Å². The van der Waals surface area contributed by atoms with Crippen molar-refractivity contribution in [1.29, 1.82) is 0 Å². The molecule has 1 aliphatic heterocycles. The van der Waals surface area contributed by atoms with Crippen LogP contribution in [0.2, 0.25) is 0 Å². The van der Waals surface area contributed by atoms with Crippen LogP contribution in [-0.4, -0.2) is 41.1 Å². The van der Waals surface area contributed by atoms with Crippen LogP contribution in [0.4, 0.5) is 11.4 Å². The second-order valence-corrected chi connectivity index (χ2v) is 10.0. The molecular formula is C25H22Cl2N2O5. The number of halogens is 2. The zero-order valence-electron chi connectivity index (χ0n) is 18.2. The van der Waals surface area contributed by atoms with Gasteiger partial charge in [0.05, 0.1) is 33.8 Å². The van der Waals surface area contributed by atoms with Gasteiger partial charge in [0.2, 0.25) is 11.8 Å². The molecule has 5 rings (SSSR count). The summed E-state index contributed by atoms with van der Waals surface area (Å²) in [6, 6.07) is 13.3. The maximum atomic E-state index is 13.2. The first-order valence-electron chi connectivity index (χ1n) is 11.1. The van der Waals surface area contributed by atoms with Crippen molar-refractivity contribution >= 4 is 58.3 Å². The molecule has 2 aromatic rings. The summed E-state index contributed by atoms with van der Waals surface area (Å²) >= 11 is 12.8. The third kappa shape index (κ3) is 3.67. The second-order valence-electron chi connectivity index (χ2n) is 9.01. The molecule has 0 aromatic heterocycles. The van der Waals surface area contributed by atoms with Gasteiger partial charge in [0, 0.05) is 5.69 Å². The number of nitrogens with one attached hydrogen (secondary N) is 1. The predicted octanol–water partition coefficient (Wildman–Crippen LogP) is 3.76. The second kappa shape index (κ2) is 8.71. The third-order valence-electron chi connectivity index (χ3n) is 7.08. The molecule has 6 atom stereocenters. The van der Waals surface area contributed by atoms with Gasteiger partial charge in [-0.05, 0) is 55.0 Å². The van der Waals surface area contributed by atoms with E-state index in [9.17, 15) is 19.2 Å². The smallest absolute Gasteiger partial charge is 0.338 e. The number of aryl methyl sites for hydroxylation is 1. The summed E-state index contributed by atoms with van der Waals surface area (Å²) in [7, 11) is 0. The Balaban J connectivity index is 1.27. The van der Waals surface area contributed by atoms with Crippen molar-refractivity contribution in [3.8, 4) is 0 Å². The van der Waals surface area contributed by atoms with E-state index < -0.39 is 30.3 Å². The highest BCUT2D eigenvalue weighted by atomic mass is 35.5. The number of hydrogen-bond acceptors (Lipinski definition) is 5. The SMILES string of the molecule is Cc1ccccc1NC(=O)COC(=O)c1cccc(N2C(=O)[C@@H]3[C@H]4C[C@@H]([C@H](Cl)[C@@H]4Cl)[C@@H]3C2=O)c1. The van der Waals surface area contributed by atoms with Gasteiger partial charge in [-0.15, -0.1) is 23.2 Å². The molecule has 9 heteroatoms. The number of alkyl halides is 2. The van der Waals surface area contributed by atoms with Crippen molar-refractivity contribution in [2.24, 2.45) is 23.7 Å². The summed E-state index contributed by atoms with van der Waals surface area (Å²) < 4.78 is 5.15. The van der Waals surface area contributed by atoms with E-state index >= 15 is 0 Å². The Labute approximate surface area is 206 Å². The standard InChI is InChI=1S/C25H22Cl2N2O5/c1-12-5-2-3-8-17(12)28-18(30)11-34-25(33)13-6-4-7-14(9-13)29-23(31)19-15-10-16(20(19)24(29)32)22(27)21(15)26/h2-9,15-16,19-22H,10-11H2,1H3,(H,28,30)/t15-,16-,19-,20+,21-,22+/m1/s1. The number of para-hydroxylation sites is 1. The molecule has 2 bridgehead atoms. The molecule has 0 unspecified atom stereocenters. The van der Waals surface area contributed by atoms with Gasteiger partial charge in [0.25, 0.3) is 5.91 Å². The molecule has 3 aliphatic rings. The molecule has 34 heavy (non-hydrogen) atoms. The van der Waals surface area contributed by atoms with Crippen LogP contribution in [-0.2, 0) is 19.1 Å². The molecule has 176 valence electrons. The minimum atomic E-state index is -0.734. The predicted molar refractivity (Wildman–Crippen MR) is 127 cm³/mol. The van der Waals surface area contributed by atoms with Crippen LogP contribution in [0.5, 0.6) is 0 Å². The quantitative estimate of drug-likeness (QED) is 0.383. The van der Waals surface area contributed by atoms with Gasteiger partial charge in [0.1, 0.15) is 0 Å². The number of esters is 1. The van der Waals surface area contributed by atoms with Crippen molar-refractivity contribution in [1.82, 2.24) is 0 Å². The fourth-order valence-corrected chi connectivity index (χ4v) is 6.38. The maximum Gasteiger partial charge on any atom is 0.338 e. The molecule has 0 radical (unpaired) electrons. The molecule has 2 aromatic carbocycles. The first-order chi connectivity index (χ1) is 16.3. The largest absolute Gasteiger partial charge is 0.452 e. The molecule has 1 heterocycles. The Morgan fingerprint density at radius 1 is 1.00 bits per heavy atom. The van der Waals surface area contributed by atoms with Crippen molar-refractivity contribution in [2.45, 2.75) is 24.1 Å². The number of hydrogen-bond donors (Lipinski definition) is 1. The number of carbonyl (C=O) groups excluding carboxylic acids is 4. The van der Waals surface area contributed by atoms with Crippen LogP contribution in [0, 0.1) is 30.6 Å². The summed E-state index contributed by atoms with van der Waals surface area (Å²) in [6.45, 7) is 1.38. The lowest BCUT2D eigenvalue weighted by Crippen LogP contribution is -2.37. The van der Waals surface area contributed by atoms with Gasteiger partial charge in [-0.25, -0.2) is 4.79 Å². The van der Waals surface area contributed by atoms with E-state index in [-0.39, 0.29) is 40.0 Å². The molecule has 1 saturated heterocycles. The first kappa shape index (κ1) is 22.9. The zero-order valence-corrected chi connectivity index (χ0v) is 19.8. The average molecular weight is 501 g/mol. The highest BCUT2D eigenvalue weighted by Gasteiger charge is 2.66. The van der Waals surface area contributed by atoms with E-state index in [1.165, 1.54) is 12.1 Å². The third-order valence-corrected chi connectivity index (χ3v) is 8.40. The Morgan fingerprint density at radius 3 is 2.29 bits per heavy atom. The lowest BCUT2D eigenvalue weighted by atomic mass is 9.80. The zero-order chi connectivity index (χ0) is 24.1. The summed E-state index contributed by atoms with van der Waals surface area (Å²) in [5.41, 5.74) is 1.94. The van der Waals surface area contributed by atoms with Crippen LogP contribution >= 0.6 is 23.2 Å². The number of fused-ring (bicyclic) bond motifs is 5. The molecule has 7 nitrogen and oxygen atoms in total. The Bertz CT molecular complexity index is 1170. The molecule has 0 spiro atoms.